The van der Waals surface area contributed by atoms with E-state index in [0.717, 1.165) is 33.4 Å². The Morgan fingerprint density at radius 1 is 0.407 bits per heavy atom. The zero-order chi connectivity index (χ0) is 18.8. The summed E-state index contributed by atoms with van der Waals surface area (Å²) in [4.78, 5) is 7.17. The van der Waals surface area contributed by atoms with Gasteiger partial charge in [-0.05, 0) is 72.8 Å². The maximum Gasteiger partial charge on any atom is 0.0937 e. The SMILES string of the molecule is Brc1ccc(N2CN(c3ccc(Br)cc3)CN(c3ccc(Br)cc3)C2)cc1. The van der Waals surface area contributed by atoms with Crippen molar-refractivity contribution in [3.63, 3.8) is 0 Å². The number of hydrogen-bond acceptors (Lipinski definition) is 3. The van der Waals surface area contributed by atoms with E-state index in [0.29, 0.717) is 0 Å². The molecule has 4 rings (SSSR count). The third-order valence-electron chi connectivity index (χ3n) is 4.60. The Morgan fingerprint density at radius 2 is 0.630 bits per heavy atom. The second-order valence-corrected chi connectivity index (χ2v) is 9.22. The van der Waals surface area contributed by atoms with Crippen LogP contribution >= 0.6 is 47.8 Å². The quantitative estimate of drug-likeness (QED) is 0.359. The monoisotopic (exact) mass is 549 g/mol. The van der Waals surface area contributed by atoms with E-state index in [-0.39, 0.29) is 0 Å². The van der Waals surface area contributed by atoms with Crippen LogP contribution in [0.25, 0.3) is 0 Å². The van der Waals surface area contributed by atoms with Crippen LogP contribution in [-0.4, -0.2) is 20.0 Å². The molecule has 0 N–H and O–H groups in total. The lowest BCUT2D eigenvalue weighted by molar-refractivity contribution is 0.611. The van der Waals surface area contributed by atoms with Crippen molar-refractivity contribution in [1.29, 1.82) is 0 Å². The topological polar surface area (TPSA) is 9.72 Å². The van der Waals surface area contributed by atoms with Gasteiger partial charge in [0.05, 0.1) is 20.0 Å². The molecule has 3 aromatic rings. The van der Waals surface area contributed by atoms with Crippen LogP contribution in [0.5, 0.6) is 0 Å². The summed E-state index contributed by atoms with van der Waals surface area (Å²) in [5.41, 5.74) is 3.63. The number of hydrogen-bond donors (Lipinski definition) is 0. The van der Waals surface area contributed by atoms with E-state index < -0.39 is 0 Å². The van der Waals surface area contributed by atoms with E-state index in [4.69, 9.17) is 0 Å². The highest BCUT2D eigenvalue weighted by molar-refractivity contribution is 9.11. The van der Waals surface area contributed by atoms with E-state index >= 15 is 0 Å². The van der Waals surface area contributed by atoms with Crippen LogP contribution in [0, 0.1) is 0 Å². The van der Waals surface area contributed by atoms with Crippen molar-refractivity contribution in [2.24, 2.45) is 0 Å². The van der Waals surface area contributed by atoms with Crippen molar-refractivity contribution < 1.29 is 0 Å². The van der Waals surface area contributed by atoms with Crippen LogP contribution in [0.15, 0.2) is 86.2 Å². The maximum atomic E-state index is 3.53. The van der Waals surface area contributed by atoms with Crippen LogP contribution in [0.2, 0.25) is 0 Å². The molecule has 0 radical (unpaired) electrons. The van der Waals surface area contributed by atoms with Gasteiger partial charge in [-0.3, -0.25) is 0 Å². The molecule has 0 bridgehead atoms. The first-order valence-electron chi connectivity index (χ1n) is 8.60. The Kier molecular flexibility index (Phi) is 5.76. The Morgan fingerprint density at radius 3 is 0.852 bits per heavy atom. The number of nitrogens with zero attached hydrogens (tertiary/aromatic N) is 3. The van der Waals surface area contributed by atoms with Gasteiger partial charge in [-0.15, -0.1) is 0 Å². The summed E-state index contributed by atoms with van der Waals surface area (Å²) < 4.78 is 3.29. The molecule has 3 nitrogen and oxygen atoms in total. The van der Waals surface area contributed by atoms with Gasteiger partial charge in [0.25, 0.3) is 0 Å². The molecule has 1 aliphatic rings. The summed E-state index contributed by atoms with van der Waals surface area (Å²) in [5.74, 6) is 0. The first kappa shape index (κ1) is 18.8. The third kappa shape index (κ3) is 4.50. The number of halogens is 3. The van der Waals surface area contributed by atoms with E-state index in [1.165, 1.54) is 17.1 Å². The fourth-order valence-corrected chi connectivity index (χ4v) is 3.99. The van der Waals surface area contributed by atoms with Crippen molar-refractivity contribution in [2.45, 2.75) is 0 Å². The average Bonchev–Trinajstić information content (AvgIpc) is 2.69. The molecule has 0 aromatic heterocycles. The molecule has 27 heavy (non-hydrogen) atoms. The first-order valence-corrected chi connectivity index (χ1v) is 11.0. The van der Waals surface area contributed by atoms with Gasteiger partial charge >= 0.3 is 0 Å². The average molecular weight is 552 g/mol. The summed E-state index contributed by atoms with van der Waals surface area (Å²) in [6.07, 6.45) is 0. The maximum absolute atomic E-state index is 3.53. The van der Waals surface area contributed by atoms with E-state index in [1.54, 1.807) is 0 Å². The molecular weight excluding hydrogens is 534 g/mol. The molecular formula is C21H18Br3N3. The van der Waals surface area contributed by atoms with Crippen LogP contribution in [-0.2, 0) is 0 Å². The summed E-state index contributed by atoms with van der Waals surface area (Å²) in [5, 5.41) is 0. The second-order valence-electron chi connectivity index (χ2n) is 6.47. The minimum Gasteiger partial charge on any atom is -0.336 e. The summed E-state index contributed by atoms with van der Waals surface area (Å²) >= 11 is 10.6. The first-order chi connectivity index (χ1) is 13.1. The Balaban J connectivity index is 1.66. The van der Waals surface area contributed by atoms with E-state index in [9.17, 15) is 0 Å². The van der Waals surface area contributed by atoms with Gasteiger partial charge in [0.2, 0.25) is 0 Å². The molecule has 0 aliphatic carbocycles. The minimum absolute atomic E-state index is 0.844. The number of anilines is 3. The molecule has 1 saturated heterocycles. The van der Waals surface area contributed by atoms with Crippen molar-refractivity contribution in [3.05, 3.63) is 86.2 Å². The van der Waals surface area contributed by atoms with Gasteiger partial charge in [-0.25, -0.2) is 0 Å². The van der Waals surface area contributed by atoms with Crippen LogP contribution in [0.3, 0.4) is 0 Å². The third-order valence-corrected chi connectivity index (χ3v) is 6.19. The number of benzene rings is 3. The van der Waals surface area contributed by atoms with Gasteiger partial charge in [-0.2, -0.15) is 0 Å². The molecule has 0 amide bonds. The summed E-state index contributed by atoms with van der Waals surface area (Å²) in [6, 6.07) is 25.5. The normalized spacial score (nSPS) is 14.6. The van der Waals surface area contributed by atoms with Gasteiger partial charge in [0, 0.05) is 30.5 Å². The predicted molar refractivity (Wildman–Crippen MR) is 124 cm³/mol. The molecule has 0 atom stereocenters. The zero-order valence-electron chi connectivity index (χ0n) is 14.5. The Hall–Kier alpha value is -1.50. The lowest BCUT2D eigenvalue weighted by atomic mass is 10.2. The smallest absolute Gasteiger partial charge is 0.0937 e. The number of rotatable bonds is 3. The van der Waals surface area contributed by atoms with Gasteiger partial charge in [0.15, 0.2) is 0 Å². The van der Waals surface area contributed by atoms with Crippen LogP contribution < -0.4 is 14.7 Å². The summed E-state index contributed by atoms with van der Waals surface area (Å²) in [7, 11) is 0. The fraction of sp³-hybridized carbons (Fsp3) is 0.143. The standard InChI is InChI=1S/C21H18Br3N3/c22-16-1-7-19(8-2-16)25-13-26(20-9-3-17(23)4-10-20)15-27(14-25)21-11-5-18(24)6-12-21/h1-12H,13-15H2. The highest BCUT2D eigenvalue weighted by Gasteiger charge is 2.24. The van der Waals surface area contributed by atoms with Gasteiger partial charge < -0.3 is 14.7 Å². The van der Waals surface area contributed by atoms with Gasteiger partial charge in [-0.1, -0.05) is 47.8 Å². The van der Waals surface area contributed by atoms with E-state index in [2.05, 4.69) is 135 Å². The highest BCUT2D eigenvalue weighted by Crippen LogP contribution is 2.28. The van der Waals surface area contributed by atoms with Crippen molar-refractivity contribution >= 4 is 64.9 Å². The molecule has 3 aromatic carbocycles. The largest absolute Gasteiger partial charge is 0.336 e. The fourth-order valence-electron chi connectivity index (χ4n) is 3.20. The lowest BCUT2D eigenvalue weighted by Crippen LogP contribution is -2.55. The molecule has 0 saturated carbocycles. The molecule has 0 spiro atoms. The van der Waals surface area contributed by atoms with Crippen molar-refractivity contribution in [2.75, 3.05) is 34.7 Å². The highest BCUT2D eigenvalue weighted by atomic mass is 79.9. The molecule has 6 heteroatoms. The lowest BCUT2D eigenvalue weighted by Gasteiger charge is -2.45. The minimum atomic E-state index is 0.844. The molecule has 1 fully saturated rings. The van der Waals surface area contributed by atoms with Gasteiger partial charge in [0.1, 0.15) is 0 Å². The molecule has 138 valence electrons. The zero-order valence-corrected chi connectivity index (χ0v) is 19.3. The molecule has 1 aliphatic heterocycles. The Labute approximate surface area is 185 Å². The predicted octanol–water partition coefficient (Wildman–Crippen LogP) is 6.68. The molecule has 1 heterocycles. The van der Waals surface area contributed by atoms with Crippen LogP contribution in [0.4, 0.5) is 17.1 Å². The Bertz CT molecular complexity index is 767. The second kappa shape index (κ2) is 8.25. The van der Waals surface area contributed by atoms with E-state index in [1.807, 2.05) is 0 Å². The van der Waals surface area contributed by atoms with Crippen LogP contribution in [0.1, 0.15) is 0 Å². The van der Waals surface area contributed by atoms with Crippen molar-refractivity contribution in [1.82, 2.24) is 0 Å². The van der Waals surface area contributed by atoms with Crippen molar-refractivity contribution in [3.8, 4) is 0 Å². The summed E-state index contributed by atoms with van der Waals surface area (Å²) in [6.45, 7) is 2.53. The molecule has 0 unspecified atom stereocenters.